The van der Waals surface area contributed by atoms with Crippen LogP contribution in [0.1, 0.15) is 27.2 Å². The largest absolute Gasteiger partial charge is 0.460 e. The van der Waals surface area contributed by atoms with Gasteiger partial charge in [-0.3, -0.25) is 4.79 Å². The molecule has 0 aliphatic carbocycles. The van der Waals surface area contributed by atoms with Gasteiger partial charge in [0.25, 0.3) is 5.91 Å². The van der Waals surface area contributed by atoms with Crippen molar-refractivity contribution < 1.29 is 9.21 Å². The molecule has 4 heteroatoms. The lowest BCUT2D eigenvalue weighted by molar-refractivity contribution is 0.0952. The van der Waals surface area contributed by atoms with Crippen LogP contribution >= 0.6 is 0 Å². The number of fused-ring (bicyclic) bond motifs is 1. The Kier molecular flexibility index (Phi) is 4.47. The van der Waals surface area contributed by atoms with Crippen LogP contribution < -0.4 is 5.32 Å². The van der Waals surface area contributed by atoms with Crippen molar-refractivity contribution >= 4 is 16.8 Å². The Hall–Kier alpha value is -3.40. The molecule has 0 saturated carbocycles. The zero-order valence-corrected chi connectivity index (χ0v) is 15.3. The number of nitrogens with one attached hydrogen (secondary N) is 1. The van der Waals surface area contributed by atoms with Crippen molar-refractivity contribution in [3.63, 3.8) is 0 Å². The van der Waals surface area contributed by atoms with Crippen LogP contribution in [0.4, 0.5) is 0 Å². The Morgan fingerprint density at radius 1 is 1.00 bits per heavy atom. The van der Waals surface area contributed by atoms with Gasteiger partial charge in [-0.15, -0.1) is 0 Å². The number of carbonyl (C=O) groups is 1. The number of carbonyl (C=O) groups excluding carboxylic acids is 1. The van der Waals surface area contributed by atoms with Crippen molar-refractivity contribution in [1.29, 1.82) is 0 Å². The van der Waals surface area contributed by atoms with Crippen LogP contribution in [0, 0.1) is 13.8 Å². The summed E-state index contributed by atoms with van der Waals surface area (Å²) in [5.41, 5.74) is 4.28. The molecule has 1 N–H and O–H groups in total. The molecular weight excluding hydrogens is 336 g/mol. The van der Waals surface area contributed by atoms with Gasteiger partial charge in [-0.05, 0) is 43.7 Å². The molecule has 134 valence electrons. The minimum absolute atomic E-state index is 0.126. The third-order valence-electron chi connectivity index (χ3n) is 4.53. The van der Waals surface area contributed by atoms with Crippen LogP contribution in [-0.2, 0) is 6.54 Å². The van der Waals surface area contributed by atoms with E-state index in [1.165, 1.54) is 5.56 Å². The van der Waals surface area contributed by atoms with Crippen LogP contribution in [0.15, 0.2) is 71.1 Å². The predicted octanol–water partition coefficient (Wildman–Crippen LogP) is 5.04. The van der Waals surface area contributed by atoms with Gasteiger partial charge in [-0.25, -0.2) is 4.98 Å². The van der Waals surface area contributed by atoms with Crippen molar-refractivity contribution in [2.75, 3.05) is 0 Å². The number of hydrogen-bond acceptors (Lipinski definition) is 3. The Bertz CT molecular complexity index is 1110. The van der Waals surface area contributed by atoms with Gasteiger partial charge >= 0.3 is 0 Å². The summed E-state index contributed by atoms with van der Waals surface area (Å²) in [6.45, 7) is 4.41. The predicted molar refractivity (Wildman–Crippen MR) is 107 cm³/mol. The van der Waals surface area contributed by atoms with Gasteiger partial charge in [-0.2, -0.15) is 0 Å². The number of aryl methyl sites for hydroxylation is 2. The number of aromatic nitrogens is 1. The highest BCUT2D eigenvalue weighted by atomic mass is 16.3. The highest BCUT2D eigenvalue weighted by Crippen LogP contribution is 2.26. The quantitative estimate of drug-likeness (QED) is 0.557. The zero-order valence-electron chi connectivity index (χ0n) is 15.3. The maximum atomic E-state index is 12.9. The van der Waals surface area contributed by atoms with E-state index >= 15 is 0 Å². The van der Waals surface area contributed by atoms with E-state index in [-0.39, 0.29) is 5.91 Å². The lowest BCUT2D eigenvalue weighted by atomic mass is 10.1. The Morgan fingerprint density at radius 2 is 1.78 bits per heavy atom. The lowest BCUT2D eigenvalue weighted by Gasteiger charge is -2.10. The van der Waals surface area contributed by atoms with Gasteiger partial charge in [0.2, 0.25) is 0 Å². The number of hydrogen-bond donors (Lipinski definition) is 1. The Labute approximate surface area is 157 Å². The molecule has 0 aliphatic rings. The molecular formula is C23H20N2O2. The van der Waals surface area contributed by atoms with E-state index in [2.05, 4.69) is 10.3 Å². The first-order valence-corrected chi connectivity index (χ1v) is 8.90. The molecule has 4 rings (SSSR count). The van der Waals surface area contributed by atoms with Crippen molar-refractivity contribution in [3.05, 3.63) is 89.2 Å². The Balaban J connectivity index is 1.68. The summed E-state index contributed by atoms with van der Waals surface area (Å²) < 4.78 is 5.70. The molecule has 0 saturated heterocycles. The van der Waals surface area contributed by atoms with Crippen LogP contribution in [-0.4, -0.2) is 10.9 Å². The van der Waals surface area contributed by atoms with Gasteiger partial charge in [0.1, 0.15) is 11.5 Å². The first-order chi connectivity index (χ1) is 13.1. The van der Waals surface area contributed by atoms with Crippen LogP contribution in [0.25, 0.3) is 22.4 Å². The van der Waals surface area contributed by atoms with Crippen molar-refractivity contribution in [1.82, 2.24) is 10.3 Å². The van der Waals surface area contributed by atoms with Crippen LogP contribution in [0.5, 0.6) is 0 Å². The first kappa shape index (κ1) is 17.0. The molecule has 0 atom stereocenters. The third-order valence-corrected chi connectivity index (χ3v) is 4.53. The van der Waals surface area contributed by atoms with Crippen molar-refractivity contribution in [2.24, 2.45) is 0 Å². The number of pyridine rings is 1. The summed E-state index contributed by atoms with van der Waals surface area (Å²) in [5.74, 6) is 1.34. The number of rotatable bonds is 4. The summed E-state index contributed by atoms with van der Waals surface area (Å²) in [4.78, 5) is 17.6. The van der Waals surface area contributed by atoms with E-state index in [0.29, 0.717) is 23.6 Å². The average Bonchev–Trinajstić information content (AvgIpc) is 3.13. The summed E-state index contributed by atoms with van der Waals surface area (Å²) in [5, 5.41) is 3.84. The fourth-order valence-corrected chi connectivity index (χ4v) is 3.05. The summed E-state index contributed by atoms with van der Waals surface area (Å²) in [6, 6.07) is 21.4. The van der Waals surface area contributed by atoms with E-state index in [4.69, 9.17) is 4.42 Å². The van der Waals surface area contributed by atoms with Gasteiger partial charge in [-0.1, -0.05) is 48.0 Å². The van der Waals surface area contributed by atoms with E-state index < -0.39 is 0 Å². The monoisotopic (exact) mass is 356 g/mol. The maximum absolute atomic E-state index is 12.9. The van der Waals surface area contributed by atoms with Gasteiger partial charge in [0.15, 0.2) is 5.76 Å². The molecule has 0 radical (unpaired) electrons. The summed E-state index contributed by atoms with van der Waals surface area (Å²) >= 11 is 0. The maximum Gasteiger partial charge on any atom is 0.252 e. The second-order valence-corrected chi connectivity index (χ2v) is 6.65. The highest BCUT2D eigenvalue weighted by Gasteiger charge is 2.15. The number of nitrogens with zero attached hydrogens (tertiary/aromatic N) is 1. The number of amides is 1. The second-order valence-electron chi connectivity index (χ2n) is 6.65. The lowest BCUT2D eigenvalue weighted by Crippen LogP contribution is -2.23. The summed E-state index contributed by atoms with van der Waals surface area (Å²) in [6.07, 6.45) is 0. The molecule has 2 heterocycles. The first-order valence-electron chi connectivity index (χ1n) is 8.90. The fraction of sp³-hybridized carbons (Fsp3) is 0.130. The van der Waals surface area contributed by atoms with E-state index in [9.17, 15) is 4.79 Å². The fourth-order valence-electron chi connectivity index (χ4n) is 3.05. The third kappa shape index (κ3) is 3.60. The molecule has 2 aromatic carbocycles. The van der Waals surface area contributed by atoms with Crippen LogP contribution in [0.3, 0.4) is 0 Å². The SMILES string of the molecule is Cc1ccc(CNC(=O)c2cc(-c3ccc(C)o3)nc3ccccc23)cc1. The number of benzene rings is 2. The van der Waals surface area contributed by atoms with E-state index in [0.717, 1.165) is 22.2 Å². The molecule has 0 aliphatic heterocycles. The minimum Gasteiger partial charge on any atom is -0.460 e. The van der Waals surface area contributed by atoms with Gasteiger partial charge in [0.05, 0.1) is 11.1 Å². The molecule has 4 aromatic rings. The normalized spacial score (nSPS) is 10.9. The van der Waals surface area contributed by atoms with E-state index in [1.807, 2.05) is 74.5 Å². The standard InChI is InChI=1S/C23H20N2O2/c1-15-7-10-17(11-8-15)14-24-23(26)19-13-21(22-12-9-16(2)27-22)25-20-6-4-3-5-18(19)20/h3-13H,14H2,1-2H3,(H,24,26). The Morgan fingerprint density at radius 3 is 2.52 bits per heavy atom. The molecule has 0 spiro atoms. The second kappa shape index (κ2) is 7.08. The average molecular weight is 356 g/mol. The molecule has 1 amide bonds. The molecule has 0 fully saturated rings. The topological polar surface area (TPSA) is 55.1 Å². The summed E-state index contributed by atoms with van der Waals surface area (Å²) in [7, 11) is 0. The number of para-hydroxylation sites is 1. The van der Waals surface area contributed by atoms with E-state index in [1.54, 1.807) is 6.07 Å². The molecule has 2 aromatic heterocycles. The number of furan rings is 1. The molecule has 0 bridgehead atoms. The highest BCUT2D eigenvalue weighted by molar-refractivity contribution is 6.07. The molecule has 0 unspecified atom stereocenters. The molecule has 4 nitrogen and oxygen atoms in total. The van der Waals surface area contributed by atoms with Crippen molar-refractivity contribution in [2.45, 2.75) is 20.4 Å². The minimum atomic E-state index is -0.126. The molecule has 27 heavy (non-hydrogen) atoms. The van der Waals surface area contributed by atoms with Gasteiger partial charge < -0.3 is 9.73 Å². The zero-order chi connectivity index (χ0) is 18.8. The van der Waals surface area contributed by atoms with Crippen molar-refractivity contribution in [3.8, 4) is 11.5 Å². The van der Waals surface area contributed by atoms with Crippen LogP contribution in [0.2, 0.25) is 0 Å². The smallest absolute Gasteiger partial charge is 0.252 e. The van der Waals surface area contributed by atoms with Gasteiger partial charge in [0, 0.05) is 11.9 Å².